The topological polar surface area (TPSA) is 79.6 Å². The van der Waals surface area contributed by atoms with Gasteiger partial charge in [-0.25, -0.2) is 4.99 Å². The van der Waals surface area contributed by atoms with E-state index in [0.717, 1.165) is 17.3 Å². The van der Waals surface area contributed by atoms with Gasteiger partial charge in [0.15, 0.2) is 5.17 Å². The van der Waals surface area contributed by atoms with Gasteiger partial charge in [0, 0.05) is 23.8 Å². The molecular formula is C22H17Cl2N5O2S. The van der Waals surface area contributed by atoms with Crippen molar-refractivity contribution in [3.8, 4) is 0 Å². The van der Waals surface area contributed by atoms with Gasteiger partial charge in [0.25, 0.3) is 5.91 Å². The zero-order valence-electron chi connectivity index (χ0n) is 16.8. The summed E-state index contributed by atoms with van der Waals surface area (Å²) in [5.74, 6) is -0.523. The first-order chi connectivity index (χ1) is 15.4. The molecule has 1 aromatic heterocycles. The number of aromatic nitrogens is 2. The second kappa shape index (κ2) is 9.60. The quantitative estimate of drug-likeness (QED) is 0.524. The fraction of sp³-hybridized carbons (Fsp3) is 0.0909. The van der Waals surface area contributed by atoms with Crippen molar-refractivity contribution in [2.45, 2.75) is 0 Å². The Morgan fingerprint density at radius 1 is 1.19 bits per heavy atom. The van der Waals surface area contributed by atoms with Crippen LogP contribution in [0.5, 0.6) is 0 Å². The number of benzene rings is 2. The molecule has 4 rings (SSSR count). The molecule has 10 heteroatoms. The molecule has 1 aliphatic rings. The molecule has 0 unspecified atom stereocenters. The molecule has 0 saturated heterocycles. The minimum absolute atomic E-state index is 0.0363. The molecule has 162 valence electrons. The third kappa shape index (κ3) is 5.04. The van der Waals surface area contributed by atoms with Crippen LogP contribution >= 0.6 is 35.0 Å². The van der Waals surface area contributed by atoms with Gasteiger partial charge in [-0.05, 0) is 36.4 Å². The van der Waals surface area contributed by atoms with Gasteiger partial charge in [-0.2, -0.15) is 5.10 Å². The maximum Gasteiger partial charge on any atom is 0.283 e. The van der Waals surface area contributed by atoms with Crippen LogP contribution in [0.15, 0.2) is 71.6 Å². The van der Waals surface area contributed by atoms with Crippen molar-refractivity contribution in [2.24, 2.45) is 12.0 Å². The number of thioether (sulfide) groups is 1. The molecule has 7 nitrogen and oxygen atoms in total. The van der Waals surface area contributed by atoms with Gasteiger partial charge in [0.1, 0.15) is 5.70 Å². The van der Waals surface area contributed by atoms with E-state index in [2.05, 4.69) is 15.4 Å². The number of hydrogen-bond acceptors (Lipinski definition) is 5. The van der Waals surface area contributed by atoms with E-state index < -0.39 is 0 Å². The Morgan fingerprint density at radius 3 is 2.66 bits per heavy atom. The third-order valence-electron chi connectivity index (χ3n) is 4.41. The zero-order chi connectivity index (χ0) is 22.7. The third-order valence-corrected chi connectivity index (χ3v) is 5.90. The van der Waals surface area contributed by atoms with E-state index in [4.69, 9.17) is 23.2 Å². The van der Waals surface area contributed by atoms with Crippen LogP contribution < -0.4 is 10.2 Å². The molecule has 0 radical (unpaired) electrons. The molecule has 2 amide bonds. The maximum absolute atomic E-state index is 13.1. The van der Waals surface area contributed by atoms with Crippen molar-refractivity contribution >= 4 is 69.4 Å². The SMILES string of the molecule is Cn1cc(C=C2N=C(SCC(=O)Nc3ccc(Cl)cc3Cl)N(c3ccccc3)C2=O)cn1. The highest BCUT2D eigenvalue weighted by atomic mass is 35.5. The normalized spacial score (nSPS) is 14.7. The Morgan fingerprint density at radius 2 is 1.97 bits per heavy atom. The Hall–Kier alpha value is -3.07. The molecule has 0 aliphatic carbocycles. The zero-order valence-corrected chi connectivity index (χ0v) is 19.2. The predicted octanol–water partition coefficient (Wildman–Crippen LogP) is 4.84. The van der Waals surface area contributed by atoms with Crippen molar-refractivity contribution in [3.05, 3.63) is 82.2 Å². The first-order valence-corrected chi connectivity index (χ1v) is 11.2. The van der Waals surface area contributed by atoms with E-state index in [-0.39, 0.29) is 23.3 Å². The predicted molar refractivity (Wildman–Crippen MR) is 130 cm³/mol. The van der Waals surface area contributed by atoms with Crippen LogP contribution in [0.25, 0.3) is 6.08 Å². The van der Waals surface area contributed by atoms with Crippen LogP contribution in [-0.4, -0.2) is 32.5 Å². The number of anilines is 2. The number of nitrogens with zero attached hydrogens (tertiary/aromatic N) is 4. The van der Waals surface area contributed by atoms with Gasteiger partial charge < -0.3 is 5.32 Å². The van der Waals surface area contributed by atoms with Crippen molar-refractivity contribution < 1.29 is 9.59 Å². The van der Waals surface area contributed by atoms with E-state index >= 15 is 0 Å². The Balaban J connectivity index is 1.54. The molecule has 2 heterocycles. The molecule has 0 atom stereocenters. The van der Waals surface area contributed by atoms with Gasteiger partial charge in [0.2, 0.25) is 5.91 Å². The van der Waals surface area contributed by atoms with E-state index in [1.807, 2.05) is 30.3 Å². The van der Waals surface area contributed by atoms with Crippen LogP contribution in [0.4, 0.5) is 11.4 Å². The van der Waals surface area contributed by atoms with Crippen LogP contribution in [-0.2, 0) is 16.6 Å². The first kappa shape index (κ1) is 22.1. The van der Waals surface area contributed by atoms with Crippen molar-refractivity contribution in [3.63, 3.8) is 0 Å². The largest absolute Gasteiger partial charge is 0.324 e. The summed E-state index contributed by atoms with van der Waals surface area (Å²) in [6.45, 7) is 0. The Labute approximate surface area is 198 Å². The second-order valence-electron chi connectivity index (χ2n) is 6.81. The molecule has 1 aliphatic heterocycles. The van der Waals surface area contributed by atoms with Crippen LogP contribution in [0, 0.1) is 0 Å². The molecule has 0 saturated carbocycles. The van der Waals surface area contributed by atoms with E-state index in [1.54, 1.807) is 48.4 Å². The summed E-state index contributed by atoms with van der Waals surface area (Å²) in [6.07, 6.45) is 5.11. The average Bonchev–Trinajstić information content (AvgIpc) is 3.32. The highest BCUT2D eigenvalue weighted by Gasteiger charge is 2.32. The monoisotopic (exact) mass is 485 g/mol. The number of aliphatic imine (C=N–C) groups is 1. The number of halogens is 2. The minimum Gasteiger partial charge on any atom is -0.324 e. The Kier molecular flexibility index (Phi) is 6.64. The first-order valence-electron chi connectivity index (χ1n) is 9.47. The van der Waals surface area contributed by atoms with Crippen molar-refractivity contribution in [2.75, 3.05) is 16.0 Å². The fourth-order valence-corrected chi connectivity index (χ4v) is 4.25. The molecule has 0 spiro atoms. The summed E-state index contributed by atoms with van der Waals surface area (Å²) in [4.78, 5) is 31.6. The van der Waals surface area contributed by atoms with E-state index in [1.165, 1.54) is 4.90 Å². The molecule has 0 bridgehead atoms. The van der Waals surface area contributed by atoms with Crippen LogP contribution in [0.1, 0.15) is 5.56 Å². The number of carbonyl (C=O) groups is 2. The standard InChI is InChI=1S/C22H17Cl2N5O2S/c1-28-12-14(11-25-28)9-19-21(31)29(16-5-3-2-4-6-16)22(27-19)32-13-20(30)26-18-8-7-15(23)10-17(18)24/h2-12H,13H2,1H3,(H,26,30). The average molecular weight is 486 g/mol. The lowest BCUT2D eigenvalue weighted by atomic mass is 10.2. The molecule has 1 N–H and O–H groups in total. The number of carbonyl (C=O) groups excluding carboxylic acids is 2. The van der Waals surface area contributed by atoms with Gasteiger partial charge >= 0.3 is 0 Å². The lowest BCUT2D eigenvalue weighted by Gasteiger charge is -2.17. The number of rotatable bonds is 5. The summed E-state index contributed by atoms with van der Waals surface area (Å²) in [6, 6.07) is 14.0. The number of para-hydroxylation sites is 1. The number of aryl methyl sites for hydroxylation is 1. The lowest BCUT2D eigenvalue weighted by molar-refractivity contribution is -0.114. The molecule has 2 aromatic carbocycles. The van der Waals surface area contributed by atoms with Gasteiger partial charge in [-0.15, -0.1) is 0 Å². The molecule has 0 fully saturated rings. The summed E-state index contributed by atoms with van der Waals surface area (Å²) < 4.78 is 1.65. The molecular weight excluding hydrogens is 469 g/mol. The number of amidine groups is 1. The highest BCUT2D eigenvalue weighted by molar-refractivity contribution is 8.14. The Bertz CT molecular complexity index is 1240. The minimum atomic E-state index is -0.285. The number of amides is 2. The summed E-state index contributed by atoms with van der Waals surface area (Å²) >= 11 is 13.2. The summed E-state index contributed by atoms with van der Waals surface area (Å²) in [5.41, 5.74) is 2.15. The fourth-order valence-electron chi connectivity index (χ4n) is 2.98. The van der Waals surface area contributed by atoms with Gasteiger partial charge in [-0.3, -0.25) is 19.2 Å². The number of nitrogens with one attached hydrogen (secondary N) is 1. The van der Waals surface area contributed by atoms with Gasteiger partial charge in [0.05, 0.1) is 28.3 Å². The molecule has 3 aromatic rings. The lowest BCUT2D eigenvalue weighted by Crippen LogP contribution is -2.31. The van der Waals surface area contributed by atoms with Crippen LogP contribution in [0.3, 0.4) is 0 Å². The van der Waals surface area contributed by atoms with Crippen molar-refractivity contribution in [1.82, 2.24) is 9.78 Å². The smallest absolute Gasteiger partial charge is 0.283 e. The summed E-state index contributed by atoms with van der Waals surface area (Å²) in [5, 5.41) is 8.09. The molecule has 32 heavy (non-hydrogen) atoms. The highest BCUT2D eigenvalue weighted by Crippen LogP contribution is 2.30. The van der Waals surface area contributed by atoms with E-state index in [9.17, 15) is 9.59 Å². The van der Waals surface area contributed by atoms with Gasteiger partial charge in [-0.1, -0.05) is 53.2 Å². The summed E-state index contributed by atoms with van der Waals surface area (Å²) in [7, 11) is 1.80. The second-order valence-corrected chi connectivity index (χ2v) is 8.59. The van der Waals surface area contributed by atoms with E-state index in [0.29, 0.717) is 26.6 Å². The number of hydrogen-bond donors (Lipinski definition) is 1. The van der Waals surface area contributed by atoms with Crippen LogP contribution in [0.2, 0.25) is 10.0 Å². The maximum atomic E-state index is 13.1. The van der Waals surface area contributed by atoms with Crippen molar-refractivity contribution in [1.29, 1.82) is 0 Å².